The number of hydrazone groups is 1. The van der Waals surface area contributed by atoms with Gasteiger partial charge in [0.25, 0.3) is 11.8 Å². The number of nitrogens with one attached hydrogen (secondary N) is 3. The van der Waals surface area contributed by atoms with Crippen molar-refractivity contribution in [1.29, 1.82) is 0 Å². The molecule has 11 nitrogen and oxygen atoms in total. The molecule has 0 unspecified atom stereocenters. The normalized spacial score (nSPS) is 14.3. The highest BCUT2D eigenvalue weighted by Gasteiger charge is 2.23. The standard InChI is InChI=1S/C26H33N5O6S/c1-19(32)28-22-10-14-24(15-11-22)38(35,36)31(2)17-25(33)30-27-16-20-8-12-23(13-9-20)37-18-26(34)29-21-6-4-3-5-7-21/h8-16,21H,3-7,17-18H2,1-2H3,(H,28,32)(H,29,34)(H,30,33)/b27-16-. The number of anilines is 1. The molecule has 1 aliphatic carbocycles. The number of likely N-dealkylation sites (N-methyl/N-ethyl adjacent to an activating group) is 1. The molecule has 0 aromatic heterocycles. The van der Waals surface area contributed by atoms with Crippen LogP contribution in [0.15, 0.2) is 58.5 Å². The number of benzene rings is 2. The minimum atomic E-state index is -3.92. The first-order chi connectivity index (χ1) is 18.1. The lowest BCUT2D eigenvalue weighted by molar-refractivity contribution is -0.124. The molecule has 3 rings (SSSR count). The maximum Gasteiger partial charge on any atom is 0.258 e. The van der Waals surface area contributed by atoms with Crippen LogP contribution in [0.1, 0.15) is 44.6 Å². The van der Waals surface area contributed by atoms with Crippen molar-refractivity contribution in [3.8, 4) is 5.75 Å². The summed E-state index contributed by atoms with van der Waals surface area (Å²) in [6.07, 6.45) is 6.93. The second-order valence-corrected chi connectivity index (χ2v) is 11.1. The van der Waals surface area contributed by atoms with Crippen molar-refractivity contribution in [3.63, 3.8) is 0 Å². The summed E-state index contributed by atoms with van der Waals surface area (Å²) in [5.74, 6) is -0.499. The summed E-state index contributed by atoms with van der Waals surface area (Å²) in [4.78, 5) is 35.4. The zero-order valence-corrected chi connectivity index (χ0v) is 22.3. The van der Waals surface area contributed by atoms with Crippen LogP contribution >= 0.6 is 0 Å². The molecular formula is C26H33N5O6S. The summed E-state index contributed by atoms with van der Waals surface area (Å²) in [5.41, 5.74) is 3.44. The van der Waals surface area contributed by atoms with Crippen LogP contribution in [0.5, 0.6) is 5.75 Å². The molecule has 3 amide bonds. The number of rotatable bonds is 11. The van der Waals surface area contributed by atoms with E-state index in [1.165, 1.54) is 50.9 Å². The van der Waals surface area contributed by atoms with E-state index >= 15 is 0 Å². The van der Waals surface area contributed by atoms with E-state index in [0.29, 0.717) is 17.0 Å². The van der Waals surface area contributed by atoms with Crippen LogP contribution in [0.2, 0.25) is 0 Å². The monoisotopic (exact) mass is 543 g/mol. The van der Waals surface area contributed by atoms with Crippen molar-refractivity contribution in [2.24, 2.45) is 5.10 Å². The van der Waals surface area contributed by atoms with Gasteiger partial charge in [-0.05, 0) is 66.9 Å². The minimum Gasteiger partial charge on any atom is -0.484 e. The molecule has 204 valence electrons. The largest absolute Gasteiger partial charge is 0.484 e. The van der Waals surface area contributed by atoms with Gasteiger partial charge in [-0.25, -0.2) is 13.8 Å². The van der Waals surface area contributed by atoms with Crippen LogP contribution in [-0.2, 0) is 24.4 Å². The number of nitrogens with zero attached hydrogens (tertiary/aromatic N) is 2. The summed E-state index contributed by atoms with van der Waals surface area (Å²) in [6, 6.07) is 12.7. The van der Waals surface area contributed by atoms with Gasteiger partial charge >= 0.3 is 0 Å². The lowest BCUT2D eigenvalue weighted by atomic mass is 9.95. The van der Waals surface area contributed by atoms with Gasteiger partial charge in [-0.1, -0.05) is 19.3 Å². The van der Waals surface area contributed by atoms with E-state index < -0.39 is 22.5 Å². The summed E-state index contributed by atoms with van der Waals surface area (Å²) < 4.78 is 31.9. The third kappa shape index (κ3) is 8.96. The van der Waals surface area contributed by atoms with Crippen LogP contribution < -0.4 is 20.8 Å². The Kier molecular flexibility index (Phi) is 10.4. The van der Waals surface area contributed by atoms with E-state index in [2.05, 4.69) is 21.2 Å². The second-order valence-electron chi connectivity index (χ2n) is 9.02. The molecule has 0 radical (unpaired) electrons. The Balaban J connectivity index is 1.43. The van der Waals surface area contributed by atoms with Gasteiger partial charge in [0.05, 0.1) is 17.7 Å². The van der Waals surface area contributed by atoms with Gasteiger partial charge in [-0.2, -0.15) is 9.41 Å². The number of sulfonamides is 1. The molecule has 1 aliphatic rings. The number of amides is 3. The maximum atomic E-state index is 12.7. The van der Waals surface area contributed by atoms with Gasteiger partial charge in [0.2, 0.25) is 15.9 Å². The van der Waals surface area contributed by atoms with Crippen LogP contribution in [0.3, 0.4) is 0 Å². The number of carbonyl (C=O) groups excluding carboxylic acids is 3. The highest BCUT2D eigenvalue weighted by Crippen LogP contribution is 2.18. The highest BCUT2D eigenvalue weighted by atomic mass is 32.2. The molecule has 2 aromatic carbocycles. The molecule has 3 N–H and O–H groups in total. The van der Waals surface area contributed by atoms with Crippen LogP contribution in [-0.4, -0.2) is 62.9 Å². The molecule has 38 heavy (non-hydrogen) atoms. The van der Waals surface area contributed by atoms with Crippen molar-refractivity contribution >= 4 is 39.6 Å². The van der Waals surface area contributed by atoms with Gasteiger partial charge in [0.15, 0.2) is 6.61 Å². The molecule has 0 saturated heterocycles. The summed E-state index contributed by atoms with van der Waals surface area (Å²) >= 11 is 0. The van der Waals surface area contributed by atoms with Gasteiger partial charge < -0.3 is 15.4 Å². The third-order valence-electron chi connectivity index (χ3n) is 5.87. The van der Waals surface area contributed by atoms with Crippen LogP contribution in [0.25, 0.3) is 0 Å². The van der Waals surface area contributed by atoms with Crippen LogP contribution in [0.4, 0.5) is 5.69 Å². The van der Waals surface area contributed by atoms with Crippen molar-refractivity contribution in [3.05, 3.63) is 54.1 Å². The molecule has 0 heterocycles. The SMILES string of the molecule is CC(=O)Nc1ccc(S(=O)(=O)N(C)CC(=O)N/N=C\c2ccc(OCC(=O)NC3CCCCC3)cc2)cc1. The number of carbonyl (C=O) groups is 3. The zero-order chi connectivity index (χ0) is 27.5. The number of ether oxygens (including phenoxy) is 1. The molecular weight excluding hydrogens is 510 g/mol. The first-order valence-corrected chi connectivity index (χ1v) is 13.8. The summed E-state index contributed by atoms with van der Waals surface area (Å²) in [6.45, 7) is 0.850. The van der Waals surface area contributed by atoms with E-state index in [1.807, 2.05) is 0 Å². The van der Waals surface area contributed by atoms with E-state index in [-0.39, 0.29) is 29.4 Å². The van der Waals surface area contributed by atoms with Gasteiger partial charge in [-0.3, -0.25) is 14.4 Å². The Labute approximate surface area is 222 Å². The second kappa shape index (κ2) is 13.7. The molecule has 2 aromatic rings. The smallest absolute Gasteiger partial charge is 0.258 e. The average Bonchev–Trinajstić information content (AvgIpc) is 2.89. The Morgan fingerprint density at radius 2 is 1.66 bits per heavy atom. The maximum absolute atomic E-state index is 12.7. The first kappa shape index (κ1) is 28.8. The average molecular weight is 544 g/mol. The van der Waals surface area contributed by atoms with Gasteiger partial charge in [0.1, 0.15) is 5.75 Å². The lowest BCUT2D eigenvalue weighted by Crippen LogP contribution is -2.38. The van der Waals surface area contributed by atoms with Crippen molar-refractivity contribution in [1.82, 2.24) is 15.0 Å². The highest BCUT2D eigenvalue weighted by molar-refractivity contribution is 7.89. The molecule has 0 bridgehead atoms. The Hall–Kier alpha value is -3.77. The summed E-state index contributed by atoms with van der Waals surface area (Å²) in [5, 5.41) is 9.42. The van der Waals surface area contributed by atoms with Gasteiger partial charge in [0, 0.05) is 25.7 Å². The number of hydrogen-bond acceptors (Lipinski definition) is 7. The topological polar surface area (TPSA) is 146 Å². The molecule has 12 heteroatoms. The van der Waals surface area contributed by atoms with E-state index in [4.69, 9.17) is 4.74 Å². The first-order valence-electron chi connectivity index (χ1n) is 12.3. The zero-order valence-electron chi connectivity index (χ0n) is 21.5. The fourth-order valence-electron chi connectivity index (χ4n) is 3.91. The van der Waals surface area contributed by atoms with E-state index in [1.54, 1.807) is 24.3 Å². The van der Waals surface area contributed by atoms with Crippen molar-refractivity contribution in [2.45, 2.75) is 50.0 Å². The Morgan fingerprint density at radius 1 is 1.00 bits per heavy atom. The quantitative estimate of drug-likeness (QED) is 0.293. The fourth-order valence-corrected chi connectivity index (χ4v) is 5.04. The molecule has 1 saturated carbocycles. The van der Waals surface area contributed by atoms with Crippen molar-refractivity contribution in [2.75, 3.05) is 25.5 Å². The van der Waals surface area contributed by atoms with Crippen LogP contribution in [0, 0.1) is 0 Å². The predicted octanol–water partition coefficient (Wildman–Crippen LogP) is 2.24. The lowest BCUT2D eigenvalue weighted by Gasteiger charge is -2.22. The third-order valence-corrected chi connectivity index (χ3v) is 7.69. The van der Waals surface area contributed by atoms with Crippen molar-refractivity contribution < 1.29 is 27.5 Å². The molecule has 0 atom stereocenters. The number of hydrogen-bond donors (Lipinski definition) is 3. The molecule has 1 fully saturated rings. The minimum absolute atomic E-state index is 0.0146. The van der Waals surface area contributed by atoms with Gasteiger partial charge in [-0.15, -0.1) is 0 Å². The Bertz CT molecular complexity index is 1240. The molecule has 0 aliphatic heterocycles. The summed E-state index contributed by atoms with van der Waals surface area (Å²) in [7, 11) is -2.63. The Morgan fingerprint density at radius 3 is 2.29 bits per heavy atom. The van der Waals surface area contributed by atoms with E-state index in [0.717, 1.165) is 30.0 Å². The fraction of sp³-hybridized carbons (Fsp3) is 0.385. The van der Waals surface area contributed by atoms with E-state index in [9.17, 15) is 22.8 Å². The molecule has 0 spiro atoms. The predicted molar refractivity (Wildman–Crippen MR) is 143 cm³/mol.